The zero-order valence-electron chi connectivity index (χ0n) is 12.8. The van der Waals surface area contributed by atoms with Crippen LogP contribution in [-0.4, -0.2) is 51.0 Å². The molecular formula is C13H23BN2O4. The molecule has 7 heteroatoms. The van der Waals surface area contributed by atoms with E-state index in [0.29, 0.717) is 0 Å². The lowest BCUT2D eigenvalue weighted by atomic mass is 9.79. The molecule has 2 N–H and O–H groups in total. The highest BCUT2D eigenvalue weighted by atomic mass is 16.7. The number of hydrogen-bond acceptors (Lipinski definition) is 5. The topological polar surface area (TPSA) is 76.7 Å². The van der Waals surface area contributed by atoms with Crippen LogP contribution in [-0.2, 0) is 15.9 Å². The van der Waals surface area contributed by atoms with Gasteiger partial charge in [0.05, 0.1) is 30.5 Å². The molecule has 112 valence electrons. The van der Waals surface area contributed by atoms with Crippen LogP contribution in [0.3, 0.4) is 0 Å². The minimum Gasteiger partial charge on any atom is -0.399 e. The first kappa shape index (κ1) is 15.5. The van der Waals surface area contributed by atoms with Crippen LogP contribution in [0.2, 0.25) is 0 Å². The van der Waals surface area contributed by atoms with Gasteiger partial charge in [0.1, 0.15) is 0 Å². The summed E-state index contributed by atoms with van der Waals surface area (Å²) >= 11 is 0. The van der Waals surface area contributed by atoms with Gasteiger partial charge in [0.15, 0.2) is 0 Å². The maximum atomic E-state index is 9.50. The van der Waals surface area contributed by atoms with Crippen molar-refractivity contribution >= 4 is 12.6 Å². The fourth-order valence-corrected chi connectivity index (χ4v) is 2.10. The van der Waals surface area contributed by atoms with Crippen LogP contribution in [0, 0.1) is 6.92 Å². The van der Waals surface area contributed by atoms with Gasteiger partial charge in [-0.3, -0.25) is 4.68 Å². The van der Waals surface area contributed by atoms with Gasteiger partial charge in [-0.1, -0.05) is 0 Å². The Morgan fingerprint density at radius 3 is 2.35 bits per heavy atom. The van der Waals surface area contributed by atoms with E-state index in [9.17, 15) is 5.11 Å². The van der Waals surface area contributed by atoms with Crippen LogP contribution in [0.15, 0.2) is 6.20 Å². The Bertz CT molecular complexity index is 471. The van der Waals surface area contributed by atoms with Crippen molar-refractivity contribution < 1.29 is 19.5 Å². The molecule has 1 aliphatic heterocycles. The molecule has 1 atom stereocenters. The second-order valence-electron chi connectivity index (χ2n) is 6.29. The van der Waals surface area contributed by atoms with Crippen molar-refractivity contribution in [3.8, 4) is 0 Å². The van der Waals surface area contributed by atoms with Gasteiger partial charge in [-0.15, -0.1) is 0 Å². The van der Waals surface area contributed by atoms with E-state index in [1.54, 1.807) is 10.9 Å². The molecule has 0 bridgehead atoms. The molecule has 1 saturated heterocycles. The minimum atomic E-state index is -0.820. The number of nitrogens with zero attached hydrogens (tertiary/aromatic N) is 2. The molecule has 0 aromatic carbocycles. The lowest BCUT2D eigenvalue weighted by Gasteiger charge is -2.32. The maximum Gasteiger partial charge on any atom is 0.498 e. The molecule has 0 radical (unpaired) electrons. The molecular weight excluding hydrogens is 259 g/mol. The molecule has 0 aliphatic carbocycles. The van der Waals surface area contributed by atoms with E-state index >= 15 is 0 Å². The Morgan fingerprint density at radius 2 is 1.85 bits per heavy atom. The fourth-order valence-electron chi connectivity index (χ4n) is 2.10. The first-order chi connectivity index (χ1) is 9.18. The summed E-state index contributed by atoms with van der Waals surface area (Å²) in [5, 5.41) is 22.6. The second-order valence-corrected chi connectivity index (χ2v) is 6.29. The van der Waals surface area contributed by atoms with Crippen molar-refractivity contribution in [3.63, 3.8) is 0 Å². The van der Waals surface area contributed by atoms with Crippen LogP contribution in [0.4, 0.5) is 0 Å². The molecule has 2 rings (SSSR count). The minimum absolute atomic E-state index is 0.252. The zero-order valence-corrected chi connectivity index (χ0v) is 12.8. The molecule has 1 fully saturated rings. The van der Waals surface area contributed by atoms with Gasteiger partial charge in [-0.25, -0.2) is 0 Å². The Balaban J connectivity index is 2.20. The van der Waals surface area contributed by atoms with Gasteiger partial charge in [0.2, 0.25) is 0 Å². The third-order valence-electron chi connectivity index (χ3n) is 4.24. The van der Waals surface area contributed by atoms with Gasteiger partial charge in [-0.2, -0.15) is 5.10 Å². The first-order valence-electron chi connectivity index (χ1n) is 6.85. The predicted octanol–water partition coefficient (Wildman–Crippen LogP) is -0.156. The summed E-state index contributed by atoms with van der Waals surface area (Å²) in [5.41, 5.74) is 0.943. The highest BCUT2D eigenvalue weighted by Gasteiger charge is 2.52. The summed E-state index contributed by atoms with van der Waals surface area (Å²) in [7, 11) is -0.458. The summed E-state index contributed by atoms with van der Waals surface area (Å²) in [6, 6.07) is 0. The Labute approximate surface area is 119 Å². The zero-order chi connectivity index (χ0) is 15.1. The number of aromatic nitrogens is 2. The third-order valence-corrected chi connectivity index (χ3v) is 4.24. The van der Waals surface area contributed by atoms with Gasteiger partial charge in [-0.05, 0) is 34.6 Å². The molecule has 2 heterocycles. The van der Waals surface area contributed by atoms with Crippen molar-refractivity contribution in [1.82, 2.24) is 9.78 Å². The van der Waals surface area contributed by atoms with Gasteiger partial charge in [0.25, 0.3) is 0 Å². The fraction of sp³-hybridized carbons (Fsp3) is 0.769. The summed E-state index contributed by atoms with van der Waals surface area (Å²) in [6.07, 6.45) is 0.876. The molecule has 0 unspecified atom stereocenters. The van der Waals surface area contributed by atoms with E-state index < -0.39 is 24.4 Å². The molecule has 0 amide bonds. The Morgan fingerprint density at radius 1 is 1.30 bits per heavy atom. The lowest BCUT2D eigenvalue weighted by Crippen LogP contribution is -2.41. The highest BCUT2D eigenvalue weighted by Crippen LogP contribution is 2.36. The van der Waals surface area contributed by atoms with Gasteiger partial charge in [0, 0.05) is 17.4 Å². The van der Waals surface area contributed by atoms with Crippen LogP contribution in [0.5, 0.6) is 0 Å². The van der Waals surface area contributed by atoms with Gasteiger partial charge < -0.3 is 19.5 Å². The molecule has 1 aromatic rings. The Hall–Kier alpha value is -0.885. The van der Waals surface area contributed by atoms with E-state index in [-0.39, 0.29) is 13.2 Å². The standard InChI is InChI=1S/C13H23BN2O4/c1-9-11(6-15-16(9)7-10(18)8-17)14-19-12(2,3)13(4,5)20-14/h6,10,17-18H,7-8H2,1-5H3/t10-/m0/s1. The number of aliphatic hydroxyl groups is 2. The number of aliphatic hydroxyl groups excluding tert-OH is 2. The van der Waals surface area contributed by atoms with Crippen molar-refractivity contribution in [2.75, 3.05) is 6.61 Å². The second kappa shape index (κ2) is 5.14. The Kier molecular flexibility index (Phi) is 3.99. The van der Waals surface area contributed by atoms with Crippen LogP contribution in [0.25, 0.3) is 0 Å². The molecule has 20 heavy (non-hydrogen) atoms. The van der Waals surface area contributed by atoms with E-state index in [0.717, 1.165) is 11.2 Å². The molecule has 6 nitrogen and oxygen atoms in total. The van der Waals surface area contributed by atoms with Crippen LogP contribution < -0.4 is 5.46 Å². The van der Waals surface area contributed by atoms with Crippen molar-refractivity contribution in [2.45, 2.75) is 58.5 Å². The molecule has 1 aromatic heterocycles. The van der Waals surface area contributed by atoms with Crippen molar-refractivity contribution in [3.05, 3.63) is 11.9 Å². The largest absolute Gasteiger partial charge is 0.498 e. The molecule has 0 spiro atoms. The first-order valence-corrected chi connectivity index (χ1v) is 6.85. The number of hydrogen-bond donors (Lipinski definition) is 2. The predicted molar refractivity (Wildman–Crippen MR) is 75.8 cm³/mol. The third kappa shape index (κ3) is 2.63. The summed E-state index contributed by atoms with van der Waals surface area (Å²) in [4.78, 5) is 0. The average molecular weight is 282 g/mol. The van der Waals surface area contributed by atoms with Crippen LogP contribution >= 0.6 is 0 Å². The van der Waals surface area contributed by atoms with E-state index in [4.69, 9.17) is 14.4 Å². The van der Waals surface area contributed by atoms with E-state index in [2.05, 4.69) is 5.10 Å². The highest BCUT2D eigenvalue weighted by molar-refractivity contribution is 6.62. The average Bonchev–Trinajstić information content (AvgIpc) is 2.78. The quantitative estimate of drug-likeness (QED) is 0.751. The normalized spacial score (nSPS) is 22.2. The maximum absolute atomic E-state index is 9.50. The van der Waals surface area contributed by atoms with Crippen molar-refractivity contribution in [2.24, 2.45) is 0 Å². The summed E-state index contributed by atoms with van der Waals surface area (Å²) < 4.78 is 13.6. The van der Waals surface area contributed by atoms with E-state index in [1.807, 2.05) is 34.6 Å². The molecule has 1 aliphatic rings. The smallest absolute Gasteiger partial charge is 0.399 e. The summed E-state index contributed by atoms with van der Waals surface area (Å²) in [6.45, 7) is 9.87. The SMILES string of the molecule is Cc1c(B2OC(C)(C)C(C)(C)O2)cnn1C[C@H](O)CO. The van der Waals surface area contributed by atoms with Crippen LogP contribution in [0.1, 0.15) is 33.4 Å². The number of rotatable bonds is 4. The molecule has 0 saturated carbocycles. The monoisotopic (exact) mass is 282 g/mol. The lowest BCUT2D eigenvalue weighted by molar-refractivity contribution is 0.00578. The van der Waals surface area contributed by atoms with Crippen molar-refractivity contribution in [1.29, 1.82) is 0 Å². The van der Waals surface area contributed by atoms with Gasteiger partial charge >= 0.3 is 7.12 Å². The summed E-state index contributed by atoms with van der Waals surface area (Å²) in [5.74, 6) is 0. The van der Waals surface area contributed by atoms with E-state index in [1.165, 1.54) is 0 Å².